The van der Waals surface area contributed by atoms with Crippen LogP contribution in [-0.4, -0.2) is 23.7 Å². The number of methoxy groups -OCH3 is 1. The summed E-state index contributed by atoms with van der Waals surface area (Å²) >= 11 is 1.69. The monoisotopic (exact) mass is 292 g/mol. The van der Waals surface area contributed by atoms with Crippen LogP contribution in [0.1, 0.15) is 29.2 Å². The number of benzene rings is 1. The van der Waals surface area contributed by atoms with Crippen LogP contribution in [0.3, 0.4) is 0 Å². The lowest BCUT2D eigenvalue weighted by Crippen LogP contribution is -2.21. The lowest BCUT2D eigenvalue weighted by Gasteiger charge is -2.16. The van der Waals surface area contributed by atoms with E-state index in [1.807, 2.05) is 19.9 Å². The van der Waals surface area contributed by atoms with Gasteiger partial charge in [0.15, 0.2) is 0 Å². The molecule has 1 heterocycles. The molecule has 20 heavy (non-hydrogen) atoms. The van der Waals surface area contributed by atoms with Crippen molar-refractivity contribution in [3.63, 3.8) is 0 Å². The molecule has 0 radical (unpaired) electrons. The highest BCUT2D eigenvalue weighted by molar-refractivity contribution is 7.09. The van der Waals surface area contributed by atoms with E-state index >= 15 is 0 Å². The Morgan fingerprint density at radius 3 is 2.90 bits per heavy atom. The molecular weight excluding hydrogens is 272 g/mol. The van der Waals surface area contributed by atoms with Crippen LogP contribution >= 0.6 is 11.3 Å². The molecule has 2 N–H and O–H groups in total. The molecule has 0 amide bonds. The maximum atomic E-state index is 9.91. The molecule has 1 aromatic heterocycles. The molecular formula is C15H20N2O2S. The van der Waals surface area contributed by atoms with Gasteiger partial charge < -0.3 is 15.2 Å². The second kappa shape index (κ2) is 6.72. The molecule has 0 fully saturated rings. The zero-order valence-corrected chi connectivity index (χ0v) is 12.8. The second-order valence-corrected chi connectivity index (χ2v) is 5.68. The zero-order chi connectivity index (χ0) is 14.5. The highest BCUT2D eigenvalue weighted by Crippen LogP contribution is 2.28. The van der Waals surface area contributed by atoms with E-state index in [9.17, 15) is 5.11 Å². The summed E-state index contributed by atoms with van der Waals surface area (Å²) in [6.45, 7) is 4.86. The minimum absolute atomic E-state index is 0.0613. The van der Waals surface area contributed by atoms with Crippen molar-refractivity contribution in [1.29, 1.82) is 0 Å². The maximum absolute atomic E-state index is 9.91. The van der Waals surface area contributed by atoms with Crippen LogP contribution in [-0.2, 0) is 6.42 Å². The number of hydrogen-bond donors (Lipinski definition) is 2. The summed E-state index contributed by atoms with van der Waals surface area (Å²) in [6, 6.07) is 5.34. The van der Waals surface area contributed by atoms with Crippen LogP contribution in [0.15, 0.2) is 23.6 Å². The van der Waals surface area contributed by atoms with E-state index in [0.29, 0.717) is 0 Å². The SMILES string of the molecule is COc1ccc(O)c(C(C)NCCc2nc(C)cs2)c1. The predicted octanol–water partition coefficient (Wildman–Crippen LogP) is 3.06. The molecule has 1 atom stereocenters. The van der Waals surface area contributed by atoms with E-state index < -0.39 is 0 Å². The summed E-state index contributed by atoms with van der Waals surface area (Å²) in [5.74, 6) is 1.04. The van der Waals surface area contributed by atoms with E-state index in [-0.39, 0.29) is 11.8 Å². The van der Waals surface area contributed by atoms with Gasteiger partial charge >= 0.3 is 0 Å². The average molecular weight is 292 g/mol. The fourth-order valence-electron chi connectivity index (χ4n) is 2.03. The van der Waals surface area contributed by atoms with Gasteiger partial charge in [0.05, 0.1) is 12.1 Å². The van der Waals surface area contributed by atoms with Crippen LogP contribution in [0.4, 0.5) is 0 Å². The third kappa shape index (κ3) is 3.71. The first-order valence-corrected chi connectivity index (χ1v) is 7.49. The number of aromatic nitrogens is 1. The van der Waals surface area contributed by atoms with Crippen LogP contribution in [0.2, 0.25) is 0 Å². The minimum Gasteiger partial charge on any atom is -0.508 e. The summed E-state index contributed by atoms with van der Waals surface area (Å²) in [5.41, 5.74) is 1.92. The number of nitrogens with one attached hydrogen (secondary N) is 1. The lowest BCUT2D eigenvalue weighted by molar-refractivity contribution is 0.407. The number of hydrogen-bond acceptors (Lipinski definition) is 5. The third-order valence-electron chi connectivity index (χ3n) is 3.16. The van der Waals surface area contributed by atoms with Gasteiger partial charge in [-0.25, -0.2) is 4.98 Å². The van der Waals surface area contributed by atoms with Crippen molar-refractivity contribution < 1.29 is 9.84 Å². The fourth-order valence-corrected chi connectivity index (χ4v) is 2.81. The standard InChI is InChI=1S/C15H20N2O2S/c1-10-9-20-15(17-10)6-7-16-11(2)13-8-12(19-3)4-5-14(13)18/h4-5,8-9,11,16,18H,6-7H2,1-3H3. The number of rotatable bonds is 6. The van der Waals surface area contributed by atoms with Crippen molar-refractivity contribution in [1.82, 2.24) is 10.3 Å². The van der Waals surface area contributed by atoms with E-state index in [0.717, 1.165) is 35.0 Å². The molecule has 108 valence electrons. The summed E-state index contributed by atoms with van der Waals surface area (Å²) < 4.78 is 5.19. The summed E-state index contributed by atoms with van der Waals surface area (Å²) in [4.78, 5) is 4.43. The Balaban J connectivity index is 1.92. The van der Waals surface area contributed by atoms with Gasteiger partial charge in [0.1, 0.15) is 11.5 Å². The van der Waals surface area contributed by atoms with Crippen LogP contribution in [0, 0.1) is 6.92 Å². The van der Waals surface area contributed by atoms with Crippen molar-refractivity contribution in [3.05, 3.63) is 39.8 Å². The van der Waals surface area contributed by atoms with Gasteiger partial charge in [-0.15, -0.1) is 11.3 Å². The molecule has 0 aliphatic heterocycles. The van der Waals surface area contributed by atoms with E-state index in [2.05, 4.69) is 15.7 Å². The van der Waals surface area contributed by atoms with E-state index in [1.165, 1.54) is 0 Å². The van der Waals surface area contributed by atoms with Crippen LogP contribution in [0.25, 0.3) is 0 Å². The lowest BCUT2D eigenvalue weighted by atomic mass is 10.1. The summed E-state index contributed by atoms with van der Waals surface area (Å²) in [5, 5.41) is 16.5. The summed E-state index contributed by atoms with van der Waals surface area (Å²) in [7, 11) is 1.62. The molecule has 4 nitrogen and oxygen atoms in total. The first-order valence-electron chi connectivity index (χ1n) is 6.61. The number of ether oxygens (including phenoxy) is 1. The molecule has 2 aromatic rings. The van der Waals surface area contributed by atoms with Gasteiger partial charge in [-0.3, -0.25) is 0 Å². The molecule has 0 bridgehead atoms. The first kappa shape index (κ1) is 14.8. The Morgan fingerprint density at radius 2 is 2.25 bits per heavy atom. The maximum Gasteiger partial charge on any atom is 0.120 e. The van der Waals surface area contributed by atoms with Gasteiger partial charge in [-0.2, -0.15) is 0 Å². The highest BCUT2D eigenvalue weighted by Gasteiger charge is 2.11. The number of aromatic hydroxyl groups is 1. The van der Waals surface area contributed by atoms with Gasteiger partial charge in [0.25, 0.3) is 0 Å². The summed E-state index contributed by atoms with van der Waals surface area (Å²) in [6.07, 6.45) is 0.896. The normalized spacial score (nSPS) is 12.3. The number of phenolic OH excluding ortho intramolecular Hbond substituents is 1. The molecule has 0 aliphatic rings. The van der Waals surface area contributed by atoms with Gasteiger partial charge in [-0.05, 0) is 32.0 Å². The Kier molecular flexibility index (Phi) is 4.98. The van der Waals surface area contributed by atoms with Crippen molar-refractivity contribution >= 4 is 11.3 Å². The smallest absolute Gasteiger partial charge is 0.120 e. The van der Waals surface area contributed by atoms with Gasteiger partial charge in [0, 0.05) is 35.6 Å². The topological polar surface area (TPSA) is 54.4 Å². The molecule has 5 heteroatoms. The van der Waals surface area contributed by atoms with Crippen LogP contribution in [0.5, 0.6) is 11.5 Å². The van der Waals surface area contributed by atoms with Gasteiger partial charge in [-0.1, -0.05) is 0 Å². The first-order chi connectivity index (χ1) is 9.60. The molecule has 0 spiro atoms. The Labute approximate surface area is 123 Å². The van der Waals surface area contributed by atoms with Crippen LogP contribution < -0.4 is 10.1 Å². The Morgan fingerprint density at radius 1 is 1.45 bits per heavy atom. The average Bonchev–Trinajstić information content (AvgIpc) is 2.85. The fraction of sp³-hybridized carbons (Fsp3) is 0.400. The number of phenols is 1. The molecule has 0 saturated heterocycles. The number of thiazole rings is 1. The Hall–Kier alpha value is -1.59. The van der Waals surface area contributed by atoms with Crippen molar-refractivity contribution in [2.24, 2.45) is 0 Å². The zero-order valence-electron chi connectivity index (χ0n) is 12.0. The molecule has 1 unspecified atom stereocenters. The highest BCUT2D eigenvalue weighted by atomic mass is 32.1. The third-order valence-corrected chi connectivity index (χ3v) is 4.18. The Bertz CT molecular complexity index is 569. The van der Waals surface area contributed by atoms with Gasteiger partial charge in [0.2, 0.25) is 0 Å². The largest absolute Gasteiger partial charge is 0.508 e. The van der Waals surface area contributed by atoms with Crippen molar-refractivity contribution in [2.45, 2.75) is 26.3 Å². The minimum atomic E-state index is 0.0613. The molecule has 0 saturated carbocycles. The van der Waals surface area contributed by atoms with E-state index in [1.54, 1.807) is 30.6 Å². The quantitative estimate of drug-likeness (QED) is 0.859. The molecule has 2 rings (SSSR count). The molecule has 1 aromatic carbocycles. The molecule has 0 aliphatic carbocycles. The van der Waals surface area contributed by atoms with Crippen molar-refractivity contribution in [2.75, 3.05) is 13.7 Å². The predicted molar refractivity (Wildman–Crippen MR) is 81.6 cm³/mol. The van der Waals surface area contributed by atoms with E-state index in [4.69, 9.17) is 4.74 Å². The number of aryl methyl sites for hydroxylation is 1. The van der Waals surface area contributed by atoms with Crippen molar-refractivity contribution in [3.8, 4) is 11.5 Å². The second-order valence-electron chi connectivity index (χ2n) is 4.73. The number of nitrogens with zero attached hydrogens (tertiary/aromatic N) is 1.